The van der Waals surface area contributed by atoms with Crippen LogP contribution in [0.5, 0.6) is 17.2 Å². The third-order valence-corrected chi connectivity index (χ3v) is 8.71. The summed E-state index contributed by atoms with van der Waals surface area (Å²) in [5, 5.41) is 0.740. The molecule has 0 unspecified atom stereocenters. The normalized spacial score (nSPS) is 11.7. The summed E-state index contributed by atoms with van der Waals surface area (Å²) in [4.78, 5) is 9.97. The second-order valence-electron chi connectivity index (χ2n) is 11.9. The number of hydrogen-bond acceptors (Lipinski definition) is 6. The van der Waals surface area contributed by atoms with Crippen molar-refractivity contribution in [2.45, 2.75) is 66.8 Å². The fraction of sp³-hybridized carbons (Fsp3) is 0.500. The first-order valence-corrected chi connectivity index (χ1v) is 17.5. The summed E-state index contributed by atoms with van der Waals surface area (Å²) in [6.07, 6.45) is 2.71. The van der Waals surface area contributed by atoms with Crippen molar-refractivity contribution in [3.8, 4) is 28.6 Å². The summed E-state index contributed by atoms with van der Waals surface area (Å²) < 4.78 is 21.2. The molecule has 0 atom stereocenters. The Kier molecular flexibility index (Phi) is 14.1. The minimum atomic E-state index is 0.182. The van der Waals surface area contributed by atoms with Gasteiger partial charge in [0.15, 0.2) is 0 Å². The lowest BCUT2D eigenvalue weighted by atomic mass is 10.1. The molecular weight excluding hydrogens is 596 g/mol. The van der Waals surface area contributed by atoms with Crippen LogP contribution in [0.25, 0.3) is 22.4 Å². The average molecular weight is 649 g/mol. The molecule has 0 amide bonds. The molecule has 4 rings (SSSR count). The first-order chi connectivity index (χ1) is 22.4. The van der Waals surface area contributed by atoms with E-state index in [1.165, 1.54) is 0 Å². The zero-order valence-corrected chi connectivity index (χ0v) is 29.5. The van der Waals surface area contributed by atoms with E-state index in [-0.39, 0.29) is 6.04 Å². The number of ether oxygens (including phenoxy) is 3. The van der Waals surface area contributed by atoms with Crippen molar-refractivity contribution < 1.29 is 14.2 Å². The summed E-state index contributed by atoms with van der Waals surface area (Å²) in [6, 6.07) is 20.4. The van der Waals surface area contributed by atoms with Crippen molar-refractivity contribution in [2.24, 2.45) is 0 Å². The van der Waals surface area contributed by atoms with Gasteiger partial charge >= 0.3 is 0 Å². The van der Waals surface area contributed by atoms with Crippen LogP contribution in [0, 0.1) is 0 Å². The van der Waals surface area contributed by atoms with Crippen LogP contribution in [0.1, 0.15) is 66.0 Å². The second kappa shape index (κ2) is 18.2. The van der Waals surface area contributed by atoms with Gasteiger partial charge in [-0.2, -0.15) is 0 Å². The molecule has 3 aromatic carbocycles. The van der Waals surface area contributed by atoms with Crippen molar-refractivity contribution in [1.82, 2.24) is 19.4 Å². The van der Waals surface area contributed by atoms with Crippen molar-refractivity contribution in [1.29, 1.82) is 0 Å². The molecule has 0 bridgehead atoms. The number of aromatic nitrogens is 2. The molecule has 0 N–H and O–H groups in total. The maximum atomic E-state index is 6.50. The van der Waals surface area contributed by atoms with E-state index in [1.54, 1.807) is 0 Å². The summed E-state index contributed by atoms with van der Waals surface area (Å²) >= 11 is 6.18. The van der Waals surface area contributed by atoms with E-state index in [9.17, 15) is 0 Å². The molecule has 0 aliphatic rings. The molecule has 250 valence electrons. The number of rotatable bonds is 20. The third-order valence-electron chi connectivity index (χ3n) is 8.47. The molecule has 4 aromatic rings. The Morgan fingerprint density at radius 1 is 0.739 bits per heavy atom. The average Bonchev–Trinajstić information content (AvgIpc) is 3.44. The van der Waals surface area contributed by atoms with Crippen LogP contribution in [0.3, 0.4) is 0 Å². The topological polar surface area (TPSA) is 52.0 Å². The fourth-order valence-electron chi connectivity index (χ4n) is 5.78. The van der Waals surface area contributed by atoms with E-state index in [4.69, 9.17) is 30.8 Å². The Bertz CT molecular complexity index is 1500. The van der Waals surface area contributed by atoms with Crippen LogP contribution < -0.4 is 14.2 Å². The molecule has 7 nitrogen and oxygen atoms in total. The Balaban J connectivity index is 1.57. The van der Waals surface area contributed by atoms with E-state index >= 15 is 0 Å². The van der Waals surface area contributed by atoms with Gasteiger partial charge in [0.05, 0.1) is 36.4 Å². The molecule has 0 aliphatic carbocycles. The van der Waals surface area contributed by atoms with Crippen LogP contribution in [-0.4, -0.2) is 78.4 Å². The molecule has 8 heteroatoms. The highest BCUT2D eigenvalue weighted by Crippen LogP contribution is 2.37. The lowest BCUT2D eigenvalue weighted by Gasteiger charge is -2.19. The summed E-state index contributed by atoms with van der Waals surface area (Å²) in [5.41, 5.74) is 4.10. The smallest absolute Gasteiger partial charge is 0.145 e. The van der Waals surface area contributed by atoms with Crippen molar-refractivity contribution in [3.63, 3.8) is 0 Å². The quantitative estimate of drug-likeness (QED) is 0.0893. The van der Waals surface area contributed by atoms with Gasteiger partial charge in [-0.3, -0.25) is 0 Å². The van der Waals surface area contributed by atoms with Gasteiger partial charge < -0.3 is 28.6 Å². The van der Waals surface area contributed by atoms with Gasteiger partial charge in [0, 0.05) is 42.7 Å². The maximum absolute atomic E-state index is 6.50. The predicted octanol–water partition coefficient (Wildman–Crippen LogP) is 8.78. The second-order valence-corrected chi connectivity index (χ2v) is 12.3. The number of nitrogens with zero attached hydrogens (tertiary/aromatic N) is 4. The van der Waals surface area contributed by atoms with Crippen molar-refractivity contribution in [2.75, 3.05) is 59.1 Å². The van der Waals surface area contributed by atoms with E-state index in [0.717, 1.165) is 109 Å². The van der Waals surface area contributed by atoms with E-state index in [2.05, 4.69) is 80.2 Å². The molecule has 0 radical (unpaired) electrons. The van der Waals surface area contributed by atoms with Crippen LogP contribution >= 0.6 is 11.6 Å². The minimum Gasteiger partial charge on any atom is -0.493 e. The monoisotopic (exact) mass is 648 g/mol. The third kappa shape index (κ3) is 9.87. The van der Waals surface area contributed by atoms with Crippen molar-refractivity contribution >= 4 is 22.6 Å². The zero-order valence-electron chi connectivity index (χ0n) is 28.7. The Morgan fingerprint density at radius 3 is 2.02 bits per heavy atom. The maximum Gasteiger partial charge on any atom is 0.145 e. The molecular formula is C38H53ClN4O3. The summed E-state index contributed by atoms with van der Waals surface area (Å²) in [7, 11) is 0. The summed E-state index contributed by atoms with van der Waals surface area (Å²) in [6.45, 7) is 21.3. The predicted molar refractivity (Wildman–Crippen MR) is 192 cm³/mol. The van der Waals surface area contributed by atoms with Crippen LogP contribution in [-0.2, 0) is 6.42 Å². The Hall–Kier alpha value is -3.26. The van der Waals surface area contributed by atoms with Crippen molar-refractivity contribution in [3.05, 3.63) is 71.2 Å². The standard InChI is InChI=1S/C38H53ClN4O3/c1-7-41(8-2)21-12-23-44-32-17-19-35-36(27-32)43(29(5)6)38(40-35)34-18-16-33(45-25-20-30-14-11-15-31(39)26-30)28-37(34)46-24-13-22-42(9-3)10-4/h11,14-19,26-29H,7-10,12-13,20-25H2,1-6H3. The lowest BCUT2D eigenvalue weighted by molar-refractivity contribution is 0.248. The van der Waals surface area contributed by atoms with E-state index in [0.29, 0.717) is 19.8 Å². The van der Waals surface area contributed by atoms with Gasteiger partial charge in [-0.05, 0) is 94.8 Å². The number of fused-ring (bicyclic) bond motifs is 1. The largest absolute Gasteiger partial charge is 0.493 e. The molecule has 1 aromatic heterocycles. The van der Waals surface area contributed by atoms with Crippen LogP contribution in [0.15, 0.2) is 60.7 Å². The number of imidazole rings is 1. The molecule has 0 spiro atoms. The SMILES string of the molecule is CCN(CC)CCCOc1ccc2nc(-c3ccc(OCCc4cccc(Cl)c4)cc3OCCCN(CC)CC)n(C(C)C)c2c1. The minimum absolute atomic E-state index is 0.182. The van der Waals surface area contributed by atoms with Gasteiger partial charge in [-0.15, -0.1) is 0 Å². The molecule has 0 saturated heterocycles. The van der Waals surface area contributed by atoms with Gasteiger partial charge in [0.25, 0.3) is 0 Å². The first kappa shape index (κ1) is 35.6. The highest BCUT2D eigenvalue weighted by atomic mass is 35.5. The number of benzene rings is 3. The highest BCUT2D eigenvalue weighted by molar-refractivity contribution is 6.30. The summed E-state index contributed by atoms with van der Waals surface area (Å²) in [5.74, 6) is 3.31. The number of hydrogen-bond donors (Lipinski definition) is 0. The highest BCUT2D eigenvalue weighted by Gasteiger charge is 2.20. The van der Waals surface area contributed by atoms with Gasteiger partial charge in [0.2, 0.25) is 0 Å². The Morgan fingerprint density at radius 2 is 1.37 bits per heavy atom. The van der Waals surface area contributed by atoms with E-state index < -0.39 is 0 Å². The fourth-order valence-corrected chi connectivity index (χ4v) is 5.99. The van der Waals surface area contributed by atoms with E-state index in [1.807, 2.05) is 36.4 Å². The molecule has 1 heterocycles. The van der Waals surface area contributed by atoms with Gasteiger partial charge in [0.1, 0.15) is 23.1 Å². The molecule has 0 saturated carbocycles. The van der Waals surface area contributed by atoms with Gasteiger partial charge in [-0.1, -0.05) is 51.4 Å². The van der Waals surface area contributed by atoms with Crippen LogP contribution in [0.2, 0.25) is 5.02 Å². The number of halogens is 1. The first-order valence-electron chi connectivity index (χ1n) is 17.1. The van der Waals surface area contributed by atoms with Crippen LogP contribution in [0.4, 0.5) is 0 Å². The Labute approximate surface area is 281 Å². The zero-order chi connectivity index (χ0) is 32.9. The molecule has 0 aliphatic heterocycles. The lowest BCUT2D eigenvalue weighted by Crippen LogP contribution is -2.25. The molecule has 0 fully saturated rings. The molecule has 46 heavy (non-hydrogen) atoms. The van der Waals surface area contributed by atoms with Gasteiger partial charge in [-0.25, -0.2) is 4.98 Å².